The zero-order chi connectivity index (χ0) is 11.7. The minimum atomic E-state index is -0.307. The van der Waals surface area contributed by atoms with Crippen molar-refractivity contribution < 1.29 is 9.90 Å². The number of aliphatic hydroxyl groups excluding tert-OH is 1. The highest BCUT2D eigenvalue weighted by Crippen LogP contribution is 2.15. The van der Waals surface area contributed by atoms with Crippen molar-refractivity contribution >= 4 is 5.78 Å². The fraction of sp³-hybridized carbons (Fsp3) is 0.909. The molecule has 1 saturated heterocycles. The number of β-amino-alcohol motifs (C(OH)–C–C–N with tert-alkyl or cyclic N) is 1. The molecule has 0 amide bonds. The highest BCUT2D eigenvalue weighted by Gasteiger charge is 2.30. The lowest BCUT2D eigenvalue weighted by Crippen LogP contribution is -2.30. The van der Waals surface area contributed by atoms with Crippen molar-refractivity contribution in [1.82, 2.24) is 4.90 Å². The number of ketones is 1. The molecule has 1 rings (SSSR count). The van der Waals surface area contributed by atoms with Gasteiger partial charge in [-0.05, 0) is 20.4 Å². The number of hydrogen-bond donors (Lipinski definition) is 1. The van der Waals surface area contributed by atoms with Crippen LogP contribution in [0.4, 0.5) is 0 Å². The summed E-state index contributed by atoms with van der Waals surface area (Å²) >= 11 is 0. The van der Waals surface area contributed by atoms with Gasteiger partial charge < -0.3 is 5.11 Å². The monoisotopic (exact) mass is 203 g/mol. The summed E-state index contributed by atoms with van der Waals surface area (Å²) in [4.78, 5) is 12.7. The number of Topliss-reactive ketones (excluding diaryl/α,β-unsaturated/α-hetero) is 1. The molecule has 1 heterocycles. The van der Waals surface area contributed by atoms with Crippen LogP contribution in [0.25, 0.3) is 0 Å². The minimum Gasteiger partial charge on any atom is -0.392 e. The van der Waals surface area contributed by atoms with E-state index in [1.165, 1.54) is 0 Å². The van der Waals surface area contributed by atoms with E-state index in [9.17, 15) is 4.79 Å². The molecular formula is C11H25NO2. The molecule has 1 aliphatic heterocycles. The van der Waals surface area contributed by atoms with Crippen LogP contribution in [-0.2, 0) is 4.79 Å². The van der Waals surface area contributed by atoms with E-state index in [-0.39, 0.29) is 17.9 Å². The summed E-state index contributed by atoms with van der Waals surface area (Å²) in [6.07, 6.45) is 0.296. The number of aliphatic hydroxyl groups is 1. The van der Waals surface area contributed by atoms with Gasteiger partial charge in [0, 0.05) is 6.54 Å². The van der Waals surface area contributed by atoms with Gasteiger partial charge in [0.15, 0.2) is 0 Å². The van der Waals surface area contributed by atoms with E-state index in [1.807, 2.05) is 39.6 Å². The molecule has 1 N–H and O–H groups in total. The molecular weight excluding hydrogens is 178 g/mol. The lowest BCUT2D eigenvalue weighted by molar-refractivity contribution is -0.120. The summed E-state index contributed by atoms with van der Waals surface area (Å²) in [5.41, 5.74) is 0. The average Bonchev–Trinajstić information content (AvgIpc) is 2.52. The topological polar surface area (TPSA) is 40.5 Å². The molecule has 1 fully saturated rings. The molecule has 0 bridgehead atoms. The van der Waals surface area contributed by atoms with Gasteiger partial charge in [-0.15, -0.1) is 0 Å². The molecule has 1 aliphatic rings. The first-order valence-corrected chi connectivity index (χ1v) is 5.50. The number of rotatable bonds is 1. The second-order valence-corrected chi connectivity index (χ2v) is 2.96. The largest absolute Gasteiger partial charge is 0.392 e. The Hall–Kier alpha value is -0.410. The van der Waals surface area contributed by atoms with Crippen molar-refractivity contribution in [1.29, 1.82) is 0 Å². The van der Waals surface area contributed by atoms with Crippen molar-refractivity contribution in [2.45, 2.75) is 53.2 Å². The predicted octanol–water partition coefficient (Wildman–Crippen LogP) is 1.69. The molecule has 14 heavy (non-hydrogen) atoms. The molecule has 3 heteroatoms. The highest BCUT2D eigenvalue weighted by molar-refractivity contribution is 5.81. The molecule has 0 aromatic carbocycles. The molecule has 0 aromatic rings. The fourth-order valence-electron chi connectivity index (χ4n) is 1.45. The molecule has 0 spiro atoms. The molecule has 0 radical (unpaired) electrons. The number of carbonyl (C=O) groups is 1. The quantitative estimate of drug-likeness (QED) is 0.705. The van der Waals surface area contributed by atoms with Crippen LogP contribution in [-0.4, -0.2) is 41.5 Å². The molecule has 2 unspecified atom stereocenters. The van der Waals surface area contributed by atoms with Gasteiger partial charge in [0.05, 0.1) is 12.1 Å². The Morgan fingerprint density at radius 1 is 1.29 bits per heavy atom. The third-order valence-electron chi connectivity index (χ3n) is 2.00. The van der Waals surface area contributed by atoms with Gasteiger partial charge >= 0.3 is 0 Å². The Kier molecular flexibility index (Phi) is 10.5. The zero-order valence-electron chi connectivity index (χ0n) is 10.4. The van der Waals surface area contributed by atoms with E-state index in [2.05, 4.69) is 0 Å². The second-order valence-electron chi connectivity index (χ2n) is 2.96. The van der Waals surface area contributed by atoms with Gasteiger partial charge in [0.2, 0.25) is 0 Å². The SMILES string of the molecule is CC.CC.CC(=O)C1CC(O)CN1C. The third-order valence-corrected chi connectivity index (χ3v) is 2.00. The second kappa shape index (κ2) is 9.16. The maximum absolute atomic E-state index is 10.8. The van der Waals surface area contributed by atoms with Gasteiger partial charge in [-0.1, -0.05) is 27.7 Å². The van der Waals surface area contributed by atoms with Crippen LogP contribution in [0.15, 0.2) is 0 Å². The van der Waals surface area contributed by atoms with E-state index >= 15 is 0 Å². The summed E-state index contributed by atoms with van der Waals surface area (Å²) < 4.78 is 0. The Balaban J connectivity index is 0. The summed E-state index contributed by atoms with van der Waals surface area (Å²) in [5.74, 6) is 0.152. The van der Waals surface area contributed by atoms with Crippen LogP contribution in [0.1, 0.15) is 41.0 Å². The minimum absolute atomic E-state index is 0.0463. The van der Waals surface area contributed by atoms with Crippen LogP contribution in [0.2, 0.25) is 0 Å². The predicted molar refractivity (Wildman–Crippen MR) is 60.4 cm³/mol. The first-order valence-electron chi connectivity index (χ1n) is 5.50. The Morgan fingerprint density at radius 3 is 1.86 bits per heavy atom. The standard InChI is InChI=1S/C7H13NO2.2C2H6/c1-5(9)7-3-6(10)4-8(7)2;2*1-2/h6-7,10H,3-4H2,1-2H3;2*1-2H3. The molecule has 0 saturated carbocycles. The summed E-state index contributed by atoms with van der Waals surface area (Å²) in [6, 6.07) is -0.0463. The van der Waals surface area contributed by atoms with Gasteiger partial charge in [0.1, 0.15) is 5.78 Å². The van der Waals surface area contributed by atoms with Crippen molar-refractivity contribution in [2.75, 3.05) is 13.6 Å². The average molecular weight is 203 g/mol. The van der Waals surface area contributed by atoms with Gasteiger partial charge in [-0.25, -0.2) is 0 Å². The summed E-state index contributed by atoms with van der Waals surface area (Å²) in [5, 5.41) is 9.12. The van der Waals surface area contributed by atoms with E-state index in [0.29, 0.717) is 13.0 Å². The number of hydrogen-bond acceptors (Lipinski definition) is 3. The third kappa shape index (κ3) is 5.35. The lowest BCUT2D eigenvalue weighted by atomic mass is 10.1. The number of nitrogens with zero attached hydrogens (tertiary/aromatic N) is 1. The maximum atomic E-state index is 10.8. The fourth-order valence-corrected chi connectivity index (χ4v) is 1.45. The van der Waals surface area contributed by atoms with Crippen LogP contribution >= 0.6 is 0 Å². The van der Waals surface area contributed by atoms with Crippen molar-refractivity contribution in [3.05, 3.63) is 0 Å². The molecule has 86 valence electrons. The lowest BCUT2D eigenvalue weighted by Gasteiger charge is -2.14. The van der Waals surface area contributed by atoms with Crippen LogP contribution in [0.3, 0.4) is 0 Å². The normalized spacial score (nSPS) is 25.6. The van der Waals surface area contributed by atoms with Crippen LogP contribution in [0, 0.1) is 0 Å². The molecule has 0 aromatic heterocycles. The summed E-state index contributed by atoms with van der Waals surface area (Å²) in [6.45, 7) is 10.2. The number of carbonyl (C=O) groups excluding carboxylic acids is 1. The van der Waals surface area contributed by atoms with Crippen LogP contribution in [0.5, 0.6) is 0 Å². The maximum Gasteiger partial charge on any atom is 0.146 e. The van der Waals surface area contributed by atoms with Gasteiger partial charge in [-0.2, -0.15) is 0 Å². The van der Waals surface area contributed by atoms with E-state index < -0.39 is 0 Å². The Bertz CT molecular complexity index is 148. The summed E-state index contributed by atoms with van der Waals surface area (Å²) in [7, 11) is 1.86. The van der Waals surface area contributed by atoms with Crippen LogP contribution < -0.4 is 0 Å². The molecule has 3 nitrogen and oxygen atoms in total. The first kappa shape index (κ1) is 16.0. The highest BCUT2D eigenvalue weighted by atomic mass is 16.3. The first-order chi connectivity index (χ1) is 6.61. The molecule has 0 aliphatic carbocycles. The zero-order valence-corrected chi connectivity index (χ0v) is 10.4. The number of likely N-dealkylation sites (N-methyl/N-ethyl adjacent to an activating group) is 1. The smallest absolute Gasteiger partial charge is 0.146 e. The van der Waals surface area contributed by atoms with E-state index in [4.69, 9.17) is 5.11 Å². The molecule has 2 atom stereocenters. The van der Waals surface area contributed by atoms with Gasteiger partial charge in [0.25, 0.3) is 0 Å². The number of likely N-dealkylation sites (tertiary alicyclic amines) is 1. The van der Waals surface area contributed by atoms with Gasteiger partial charge in [-0.3, -0.25) is 9.69 Å². The van der Waals surface area contributed by atoms with Crippen molar-refractivity contribution in [3.63, 3.8) is 0 Å². The Labute approximate surface area is 88.1 Å². The van der Waals surface area contributed by atoms with Crippen molar-refractivity contribution in [2.24, 2.45) is 0 Å². The van der Waals surface area contributed by atoms with E-state index in [1.54, 1.807) is 6.92 Å². The Morgan fingerprint density at radius 2 is 1.71 bits per heavy atom. The van der Waals surface area contributed by atoms with E-state index in [0.717, 1.165) is 0 Å². The van der Waals surface area contributed by atoms with Crippen molar-refractivity contribution in [3.8, 4) is 0 Å².